The molecule has 2 saturated heterocycles. The molecular formula is C13H22N2O4. The van der Waals surface area contributed by atoms with Crippen molar-refractivity contribution in [2.75, 3.05) is 39.9 Å². The van der Waals surface area contributed by atoms with Crippen LogP contribution < -0.4 is 0 Å². The van der Waals surface area contributed by atoms with Crippen molar-refractivity contribution in [2.24, 2.45) is 0 Å². The van der Waals surface area contributed by atoms with Gasteiger partial charge in [-0.1, -0.05) is 0 Å². The van der Waals surface area contributed by atoms with Gasteiger partial charge < -0.3 is 14.4 Å². The molecule has 2 fully saturated rings. The van der Waals surface area contributed by atoms with Gasteiger partial charge in [-0.05, 0) is 19.8 Å². The van der Waals surface area contributed by atoms with E-state index in [1.807, 2.05) is 16.7 Å². The van der Waals surface area contributed by atoms with Crippen molar-refractivity contribution in [3.05, 3.63) is 0 Å². The number of nitrogens with zero attached hydrogens (tertiary/aromatic N) is 2. The van der Waals surface area contributed by atoms with Crippen LogP contribution in [0.5, 0.6) is 0 Å². The third-order valence-electron chi connectivity index (χ3n) is 3.92. The van der Waals surface area contributed by atoms with Gasteiger partial charge in [0.05, 0.1) is 7.11 Å². The highest BCUT2D eigenvalue weighted by molar-refractivity contribution is 5.81. The molecule has 0 aromatic carbocycles. The van der Waals surface area contributed by atoms with Gasteiger partial charge >= 0.3 is 5.97 Å². The molecule has 0 N–H and O–H groups in total. The van der Waals surface area contributed by atoms with Crippen LogP contribution in [0.1, 0.15) is 19.8 Å². The van der Waals surface area contributed by atoms with E-state index in [1.165, 1.54) is 7.11 Å². The first-order valence-electron chi connectivity index (χ1n) is 6.85. The minimum absolute atomic E-state index is 0.0999. The summed E-state index contributed by atoms with van der Waals surface area (Å²) in [4.78, 5) is 27.5. The fourth-order valence-corrected chi connectivity index (χ4v) is 2.63. The third-order valence-corrected chi connectivity index (χ3v) is 3.92. The van der Waals surface area contributed by atoms with E-state index in [0.29, 0.717) is 32.8 Å². The molecule has 19 heavy (non-hydrogen) atoms. The van der Waals surface area contributed by atoms with Crippen LogP contribution in [0.2, 0.25) is 0 Å². The summed E-state index contributed by atoms with van der Waals surface area (Å²) in [6, 6.07) is -0.245. The van der Waals surface area contributed by atoms with Crippen molar-refractivity contribution < 1.29 is 19.1 Å². The van der Waals surface area contributed by atoms with Gasteiger partial charge in [-0.25, -0.2) is 0 Å². The minimum Gasteiger partial charge on any atom is -0.468 e. The lowest BCUT2D eigenvalue weighted by molar-refractivity contribution is -0.148. The van der Waals surface area contributed by atoms with Crippen LogP contribution in [0.3, 0.4) is 0 Å². The maximum absolute atomic E-state index is 12.2. The lowest BCUT2D eigenvalue weighted by Crippen LogP contribution is -2.54. The summed E-state index contributed by atoms with van der Waals surface area (Å²) in [6.45, 7) is 5.24. The normalized spacial score (nSPS) is 26.2. The van der Waals surface area contributed by atoms with E-state index < -0.39 is 0 Å². The number of piperazine rings is 1. The molecular weight excluding hydrogens is 248 g/mol. The first kappa shape index (κ1) is 14.3. The predicted molar refractivity (Wildman–Crippen MR) is 68.6 cm³/mol. The second kappa shape index (κ2) is 6.34. The fourth-order valence-electron chi connectivity index (χ4n) is 2.63. The smallest absolute Gasteiger partial charge is 0.322 e. The summed E-state index contributed by atoms with van der Waals surface area (Å²) in [5.41, 5.74) is 0. The zero-order chi connectivity index (χ0) is 13.8. The molecule has 1 amide bonds. The van der Waals surface area contributed by atoms with Crippen molar-refractivity contribution in [1.29, 1.82) is 0 Å². The maximum atomic E-state index is 12.2. The number of methoxy groups -OCH3 is 1. The third kappa shape index (κ3) is 3.25. The van der Waals surface area contributed by atoms with Crippen molar-refractivity contribution in [3.63, 3.8) is 0 Å². The monoisotopic (exact) mass is 270 g/mol. The molecule has 0 spiro atoms. The Kier molecular flexibility index (Phi) is 4.76. The highest BCUT2D eigenvalue weighted by atomic mass is 16.5. The number of esters is 1. The molecule has 0 saturated carbocycles. The van der Waals surface area contributed by atoms with Crippen LogP contribution in [0, 0.1) is 0 Å². The van der Waals surface area contributed by atoms with E-state index in [-0.39, 0.29) is 24.0 Å². The Labute approximate surface area is 113 Å². The molecule has 0 aromatic heterocycles. The van der Waals surface area contributed by atoms with Crippen molar-refractivity contribution in [2.45, 2.75) is 31.9 Å². The van der Waals surface area contributed by atoms with Crippen LogP contribution in [0.4, 0.5) is 0 Å². The first-order chi connectivity index (χ1) is 9.13. The van der Waals surface area contributed by atoms with E-state index in [4.69, 9.17) is 9.47 Å². The molecule has 108 valence electrons. The zero-order valence-electron chi connectivity index (χ0n) is 11.6. The maximum Gasteiger partial charge on any atom is 0.322 e. The fraction of sp³-hybridized carbons (Fsp3) is 0.846. The van der Waals surface area contributed by atoms with E-state index in [2.05, 4.69) is 0 Å². The Morgan fingerprint density at radius 1 is 1.26 bits per heavy atom. The molecule has 2 unspecified atom stereocenters. The standard InChI is InChI=1S/C13H22N2O4/c1-10(13(17)18-2)14-5-7-15(8-6-14)12(16)11-4-3-9-19-11/h10-11H,3-9H2,1-2H3. The van der Waals surface area contributed by atoms with Gasteiger partial charge in [0.1, 0.15) is 12.1 Å². The zero-order valence-corrected chi connectivity index (χ0v) is 11.6. The number of amides is 1. The molecule has 2 aliphatic heterocycles. The average molecular weight is 270 g/mol. The topological polar surface area (TPSA) is 59.1 Å². The lowest BCUT2D eigenvalue weighted by atomic mass is 10.2. The second-order valence-electron chi connectivity index (χ2n) is 5.06. The van der Waals surface area contributed by atoms with Crippen LogP contribution in [-0.2, 0) is 19.1 Å². The summed E-state index contributed by atoms with van der Waals surface area (Å²) < 4.78 is 10.2. The van der Waals surface area contributed by atoms with E-state index >= 15 is 0 Å². The van der Waals surface area contributed by atoms with Gasteiger partial charge in [-0.2, -0.15) is 0 Å². The lowest BCUT2D eigenvalue weighted by Gasteiger charge is -2.37. The summed E-state index contributed by atoms with van der Waals surface area (Å²) in [5.74, 6) is -0.123. The molecule has 0 radical (unpaired) electrons. The SMILES string of the molecule is COC(=O)C(C)N1CCN(C(=O)C2CCCO2)CC1. The molecule has 0 aliphatic carbocycles. The highest BCUT2D eigenvalue weighted by Gasteiger charge is 2.32. The number of hydrogen-bond acceptors (Lipinski definition) is 5. The number of rotatable bonds is 3. The minimum atomic E-state index is -0.246. The van der Waals surface area contributed by atoms with Crippen LogP contribution in [-0.4, -0.2) is 73.7 Å². The van der Waals surface area contributed by atoms with Gasteiger partial charge in [0, 0.05) is 32.8 Å². The van der Waals surface area contributed by atoms with Gasteiger partial charge in [0.2, 0.25) is 0 Å². The molecule has 2 aliphatic rings. The molecule has 6 heteroatoms. The van der Waals surface area contributed by atoms with Gasteiger partial charge in [0.15, 0.2) is 0 Å². The molecule has 0 bridgehead atoms. The quantitative estimate of drug-likeness (QED) is 0.669. The van der Waals surface area contributed by atoms with Crippen molar-refractivity contribution in [1.82, 2.24) is 9.80 Å². The molecule has 0 aromatic rings. The van der Waals surface area contributed by atoms with Crippen molar-refractivity contribution >= 4 is 11.9 Å². The van der Waals surface area contributed by atoms with Gasteiger partial charge in [-0.15, -0.1) is 0 Å². The number of carbonyl (C=O) groups is 2. The predicted octanol–water partition coefficient (Wildman–Crippen LogP) is -0.129. The van der Waals surface area contributed by atoms with E-state index in [9.17, 15) is 9.59 Å². The van der Waals surface area contributed by atoms with Gasteiger partial charge in [0.25, 0.3) is 5.91 Å². The Bertz CT molecular complexity index is 334. The molecule has 2 heterocycles. The first-order valence-corrected chi connectivity index (χ1v) is 6.85. The average Bonchev–Trinajstić information content (AvgIpc) is 2.99. The molecule has 2 rings (SSSR count). The summed E-state index contributed by atoms with van der Waals surface area (Å²) in [7, 11) is 1.40. The van der Waals surface area contributed by atoms with E-state index in [1.54, 1.807) is 0 Å². The Morgan fingerprint density at radius 2 is 1.95 bits per heavy atom. The molecule has 6 nitrogen and oxygen atoms in total. The van der Waals surface area contributed by atoms with Crippen LogP contribution in [0.25, 0.3) is 0 Å². The second-order valence-corrected chi connectivity index (χ2v) is 5.06. The van der Waals surface area contributed by atoms with Crippen LogP contribution in [0.15, 0.2) is 0 Å². The Morgan fingerprint density at radius 3 is 2.47 bits per heavy atom. The number of ether oxygens (including phenoxy) is 2. The van der Waals surface area contributed by atoms with Crippen LogP contribution >= 0.6 is 0 Å². The van der Waals surface area contributed by atoms with E-state index in [0.717, 1.165) is 12.8 Å². The summed E-state index contributed by atoms with van der Waals surface area (Å²) >= 11 is 0. The highest BCUT2D eigenvalue weighted by Crippen LogP contribution is 2.16. The Hall–Kier alpha value is -1.14. The summed E-state index contributed by atoms with van der Waals surface area (Å²) in [6.07, 6.45) is 1.55. The molecule has 2 atom stereocenters. The summed E-state index contributed by atoms with van der Waals surface area (Å²) in [5, 5.41) is 0. The number of hydrogen-bond donors (Lipinski definition) is 0. The van der Waals surface area contributed by atoms with Crippen molar-refractivity contribution in [3.8, 4) is 0 Å². The Balaban J connectivity index is 1.81. The number of carbonyl (C=O) groups excluding carboxylic acids is 2. The van der Waals surface area contributed by atoms with Gasteiger partial charge in [-0.3, -0.25) is 14.5 Å². The largest absolute Gasteiger partial charge is 0.468 e.